The molecule has 20 heavy (non-hydrogen) atoms. The fourth-order valence-corrected chi connectivity index (χ4v) is 2.73. The van der Waals surface area contributed by atoms with Gasteiger partial charge in [-0.15, -0.1) is 11.8 Å². The Morgan fingerprint density at radius 2 is 1.80 bits per heavy atom. The molecule has 0 atom stereocenters. The number of hydrogen-bond acceptors (Lipinski definition) is 4. The highest BCUT2D eigenvalue weighted by Gasteiger charge is 2.12. The van der Waals surface area contributed by atoms with Gasteiger partial charge < -0.3 is 10.2 Å². The topological polar surface area (TPSA) is 57.5 Å². The highest BCUT2D eigenvalue weighted by molar-refractivity contribution is 8.00. The number of phenols is 2. The molecule has 0 saturated heterocycles. The van der Waals surface area contributed by atoms with Gasteiger partial charge in [0, 0.05) is 11.0 Å². The molecule has 0 spiro atoms. The lowest BCUT2D eigenvalue weighted by Gasteiger charge is -2.05. The fraction of sp³-hybridized carbons (Fsp3) is 0.0714. The Balaban J connectivity index is 2.06. The minimum absolute atomic E-state index is 0.0869. The van der Waals surface area contributed by atoms with E-state index < -0.39 is 0 Å². The average Bonchev–Trinajstić information content (AvgIpc) is 2.40. The van der Waals surface area contributed by atoms with Crippen molar-refractivity contribution in [1.29, 1.82) is 0 Å². The first-order valence-electron chi connectivity index (χ1n) is 5.60. The lowest BCUT2D eigenvalue weighted by Crippen LogP contribution is -2.02. The van der Waals surface area contributed by atoms with Crippen molar-refractivity contribution < 1.29 is 15.0 Å². The summed E-state index contributed by atoms with van der Waals surface area (Å²) in [5.41, 5.74) is 0.176. The van der Waals surface area contributed by atoms with Gasteiger partial charge in [0.1, 0.15) is 11.5 Å². The highest BCUT2D eigenvalue weighted by Crippen LogP contribution is 2.29. The van der Waals surface area contributed by atoms with Crippen LogP contribution >= 0.6 is 35.0 Å². The summed E-state index contributed by atoms with van der Waals surface area (Å²) in [6, 6.07) is 8.99. The third-order valence-electron chi connectivity index (χ3n) is 2.54. The molecule has 0 aliphatic rings. The Morgan fingerprint density at radius 3 is 2.45 bits per heavy atom. The van der Waals surface area contributed by atoms with Gasteiger partial charge in [0.2, 0.25) is 0 Å². The number of thioether (sulfide) groups is 1. The van der Waals surface area contributed by atoms with E-state index in [4.69, 9.17) is 23.2 Å². The van der Waals surface area contributed by atoms with Crippen LogP contribution in [0, 0.1) is 0 Å². The second-order valence-corrected chi connectivity index (χ2v) is 5.85. The molecular formula is C14H10Cl2O3S. The van der Waals surface area contributed by atoms with Gasteiger partial charge in [-0.3, -0.25) is 4.79 Å². The van der Waals surface area contributed by atoms with Gasteiger partial charge in [-0.2, -0.15) is 0 Å². The lowest BCUT2D eigenvalue weighted by molar-refractivity contribution is 0.102. The summed E-state index contributed by atoms with van der Waals surface area (Å²) < 4.78 is 0. The van der Waals surface area contributed by atoms with Gasteiger partial charge in [0.05, 0.1) is 21.4 Å². The van der Waals surface area contributed by atoms with Crippen molar-refractivity contribution in [1.82, 2.24) is 0 Å². The summed E-state index contributed by atoms with van der Waals surface area (Å²) in [5, 5.41) is 19.7. The molecule has 0 unspecified atom stereocenters. The quantitative estimate of drug-likeness (QED) is 0.646. The Bertz CT molecular complexity index is 659. The Hall–Kier alpha value is -1.36. The van der Waals surface area contributed by atoms with Crippen molar-refractivity contribution in [2.24, 2.45) is 0 Å². The van der Waals surface area contributed by atoms with Gasteiger partial charge >= 0.3 is 0 Å². The Labute approximate surface area is 130 Å². The van der Waals surface area contributed by atoms with Crippen LogP contribution in [0.5, 0.6) is 11.5 Å². The monoisotopic (exact) mass is 328 g/mol. The summed E-state index contributed by atoms with van der Waals surface area (Å²) in [4.78, 5) is 12.8. The molecule has 2 N–H and O–H groups in total. The van der Waals surface area contributed by atoms with E-state index in [-0.39, 0.29) is 28.6 Å². The first-order chi connectivity index (χ1) is 9.47. The molecule has 3 nitrogen and oxygen atoms in total. The maximum atomic E-state index is 12.0. The zero-order valence-electron chi connectivity index (χ0n) is 10.1. The number of rotatable bonds is 4. The first kappa shape index (κ1) is 15.0. The van der Waals surface area contributed by atoms with Crippen LogP contribution in [0.4, 0.5) is 0 Å². The zero-order valence-corrected chi connectivity index (χ0v) is 12.5. The molecule has 0 fully saturated rings. The van der Waals surface area contributed by atoms with Crippen LogP contribution < -0.4 is 0 Å². The van der Waals surface area contributed by atoms with Crippen molar-refractivity contribution >= 4 is 40.7 Å². The number of hydrogen-bond donors (Lipinski definition) is 2. The van der Waals surface area contributed by atoms with Crippen molar-refractivity contribution in [3.63, 3.8) is 0 Å². The predicted octanol–water partition coefficient (Wildman–Crippen LogP) is 4.38. The van der Waals surface area contributed by atoms with Gasteiger partial charge in [-0.25, -0.2) is 0 Å². The maximum absolute atomic E-state index is 12.0. The van der Waals surface area contributed by atoms with Crippen molar-refractivity contribution in [2.45, 2.75) is 4.90 Å². The molecule has 0 bridgehead atoms. The van der Waals surface area contributed by atoms with E-state index in [1.54, 1.807) is 18.2 Å². The van der Waals surface area contributed by atoms with E-state index >= 15 is 0 Å². The van der Waals surface area contributed by atoms with Crippen LogP contribution in [-0.4, -0.2) is 21.7 Å². The van der Waals surface area contributed by atoms with E-state index in [0.29, 0.717) is 10.0 Å². The van der Waals surface area contributed by atoms with Crippen molar-refractivity contribution in [2.75, 3.05) is 5.75 Å². The zero-order chi connectivity index (χ0) is 14.7. The minimum atomic E-state index is -0.237. The van der Waals surface area contributed by atoms with E-state index in [2.05, 4.69) is 0 Å². The summed E-state index contributed by atoms with van der Waals surface area (Å²) in [6.07, 6.45) is 0. The number of Topliss-reactive ketones (excluding diaryl/α,β-unsaturated/α-hetero) is 1. The molecule has 6 heteroatoms. The van der Waals surface area contributed by atoms with Gasteiger partial charge in [-0.1, -0.05) is 23.2 Å². The Kier molecular flexibility index (Phi) is 4.81. The van der Waals surface area contributed by atoms with Crippen LogP contribution in [0.2, 0.25) is 10.0 Å². The van der Waals surface area contributed by atoms with E-state index in [0.717, 1.165) is 11.0 Å². The molecule has 0 heterocycles. The van der Waals surface area contributed by atoms with Crippen LogP contribution in [0.25, 0.3) is 0 Å². The molecule has 2 rings (SSSR count). The minimum Gasteiger partial charge on any atom is -0.508 e. The molecule has 0 aliphatic carbocycles. The SMILES string of the molecule is O=C(CSc1ccc(Cl)c(Cl)c1)c1ccc(O)cc1O. The lowest BCUT2D eigenvalue weighted by atomic mass is 10.1. The number of phenolic OH excluding ortho intramolecular Hbond substituents is 2. The Morgan fingerprint density at radius 1 is 1.05 bits per heavy atom. The fourth-order valence-electron chi connectivity index (χ4n) is 1.55. The molecule has 2 aromatic rings. The summed E-state index contributed by atoms with van der Waals surface area (Å²) >= 11 is 13.0. The summed E-state index contributed by atoms with van der Waals surface area (Å²) in [6.45, 7) is 0. The number of carbonyl (C=O) groups excluding carboxylic acids is 1. The number of benzene rings is 2. The number of carbonyl (C=O) groups is 1. The van der Waals surface area contributed by atoms with E-state index in [9.17, 15) is 15.0 Å². The van der Waals surface area contributed by atoms with Crippen molar-refractivity contribution in [3.8, 4) is 11.5 Å². The second-order valence-electron chi connectivity index (χ2n) is 3.99. The van der Waals surface area contributed by atoms with Crippen LogP contribution in [0.15, 0.2) is 41.3 Å². The van der Waals surface area contributed by atoms with Gasteiger partial charge in [-0.05, 0) is 30.3 Å². The maximum Gasteiger partial charge on any atom is 0.176 e. The smallest absolute Gasteiger partial charge is 0.176 e. The molecule has 0 radical (unpaired) electrons. The van der Waals surface area contributed by atoms with Crippen LogP contribution in [0.3, 0.4) is 0 Å². The molecule has 2 aromatic carbocycles. The van der Waals surface area contributed by atoms with E-state index in [1.807, 2.05) is 0 Å². The van der Waals surface area contributed by atoms with Crippen LogP contribution in [0.1, 0.15) is 10.4 Å². The van der Waals surface area contributed by atoms with Gasteiger partial charge in [0.15, 0.2) is 5.78 Å². The summed E-state index contributed by atoms with van der Waals surface area (Å²) in [7, 11) is 0. The average molecular weight is 329 g/mol. The number of aromatic hydroxyl groups is 2. The third kappa shape index (κ3) is 3.60. The highest BCUT2D eigenvalue weighted by atomic mass is 35.5. The normalized spacial score (nSPS) is 10.5. The molecule has 0 amide bonds. The molecular weight excluding hydrogens is 319 g/mol. The summed E-state index contributed by atoms with van der Waals surface area (Å²) in [5.74, 6) is -0.407. The molecule has 0 aromatic heterocycles. The van der Waals surface area contributed by atoms with Crippen molar-refractivity contribution in [3.05, 3.63) is 52.0 Å². The molecule has 104 valence electrons. The molecule has 0 aliphatic heterocycles. The largest absolute Gasteiger partial charge is 0.508 e. The van der Waals surface area contributed by atoms with Gasteiger partial charge in [0.25, 0.3) is 0 Å². The molecule has 0 saturated carbocycles. The standard InChI is InChI=1S/C14H10Cl2O3S/c15-11-4-2-9(6-12(11)16)20-7-14(19)10-3-1-8(17)5-13(10)18/h1-6,17-18H,7H2. The number of ketones is 1. The second kappa shape index (κ2) is 6.39. The number of halogens is 2. The predicted molar refractivity (Wildman–Crippen MR) is 81.3 cm³/mol. The third-order valence-corrected chi connectivity index (χ3v) is 4.28. The van der Waals surface area contributed by atoms with Crippen LogP contribution in [-0.2, 0) is 0 Å². The first-order valence-corrected chi connectivity index (χ1v) is 7.34. The van der Waals surface area contributed by atoms with E-state index in [1.165, 1.54) is 23.9 Å².